The molecular formula is C17H17NO4. The number of carbonyl (C=O) groups excluding carboxylic acids is 2. The second kappa shape index (κ2) is 6.30. The molecule has 5 heteroatoms. The lowest BCUT2D eigenvalue weighted by Crippen LogP contribution is -2.12. The Bertz CT molecular complexity index is 722. The minimum absolute atomic E-state index is 0.129. The minimum atomic E-state index is -0.589. The van der Waals surface area contributed by atoms with Crippen molar-refractivity contribution in [2.24, 2.45) is 0 Å². The molecule has 0 aliphatic carbocycles. The molecule has 2 aromatic rings. The van der Waals surface area contributed by atoms with Gasteiger partial charge >= 0.3 is 5.97 Å². The van der Waals surface area contributed by atoms with Crippen LogP contribution in [-0.2, 0) is 4.74 Å². The lowest BCUT2D eigenvalue weighted by Gasteiger charge is -2.14. The van der Waals surface area contributed by atoms with Crippen LogP contribution in [-0.4, -0.2) is 38.1 Å². The first-order chi connectivity index (χ1) is 10.5. The molecule has 2 rings (SSSR count). The minimum Gasteiger partial charge on any atom is -0.507 e. The summed E-state index contributed by atoms with van der Waals surface area (Å²) in [7, 11) is 4.93. The van der Waals surface area contributed by atoms with E-state index < -0.39 is 11.8 Å². The highest BCUT2D eigenvalue weighted by Crippen LogP contribution is 2.26. The molecule has 0 radical (unpaired) electrons. The van der Waals surface area contributed by atoms with E-state index in [0.717, 1.165) is 5.69 Å². The summed E-state index contributed by atoms with van der Waals surface area (Å²) in [4.78, 5) is 26.2. The number of carbonyl (C=O) groups is 2. The summed E-state index contributed by atoms with van der Waals surface area (Å²) < 4.78 is 4.68. The van der Waals surface area contributed by atoms with E-state index in [1.54, 1.807) is 24.3 Å². The van der Waals surface area contributed by atoms with Crippen LogP contribution in [0.1, 0.15) is 26.3 Å². The quantitative estimate of drug-likeness (QED) is 0.694. The Morgan fingerprint density at radius 3 is 2.18 bits per heavy atom. The number of anilines is 1. The van der Waals surface area contributed by atoms with Crippen LogP contribution in [0, 0.1) is 0 Å². The van der Waals surface area contributed by atoms with Crippen LogP contribution in [0.5, 0.6) is 5.75 Å². The summed E-state index contributed by atoms with van der Waals surface area (Å²) >= 11 is 0. The number of nitrogens with zero attached hydrogens (tertiary/aromatic N) is 1. The fourth-order valence-electron chi connectivity index (χ4n) is 2.10. The third kappa shape index (κ3) is 2.93. The molecule has 1 N–H and O–H groups in total. The van der Waals surface area contributed by atoms with Crippen LogP contribution < -0.4 is 4.90 Å². The van der Waals surface area contributed by atoms with Gasteiger partial charge in [-0.3, -0.25) is 4.79 Å². The van der Waals surface area contributed by atoms with Crippen LogP contribution in [0.4, 0.5) is 5.69 Å². The first-order valence-corrected chi connectivity index (χ1v) is 6.68. The zero-order chi connectivity index (χ0) is 16.3. The maximum atomic E-state index is 12.6. The molecule has 0 bridgehead atoms. The predicted octanol–water partition coefficient (Wildman–Crippen LogP) is 2.48. The maximum absolute atomic E-state index is 12.6. The average Bonchev–Trinajstić information content (AvgIpc) is 2.53. The molecule has 0 heterocycles. The van der Waals surface area contributed by atoms with Gasteiger partial charge in [0.05, 0.1) is 18.2 Å². The van der Waals surface area contributed by atoms with E-state index in [2.05, 4.69) is 4.74 Å². The Hall–Kier alpha value is -2.82. The Kier molecular flexibility index (Phi) is 4.46. The average molecular weight is 299 g/mol. The Balaban J connectivity index is 2.47. The molecule has 0 aromatic heterocycles. The molecule has 0 spiro atoms. The fraction of sp³-hybridized carbons (Fsp3) is 0.176. The molecule has 0 saturated carbocycles. The van der Waals surface area contributed by atoms with Gasteiger partial charge < -0.3 is 14.7 Å². The third-order valence-electron chi connectivity index (χ3n) is 3.32. The number of methoxy groups -OCH3 is 1. The van der Waals surface area contributed by atoms with E-state index >= 15 is 0 Å². The van der Waals surface area contributed by atoms with Crippen molar-refractivity contribution >= 4 is 17.4 Å². The van der Waals surface area contributed by atoms with Gasteiger partial charge in [0.25, 0.3) is 0 Å². The van der Waals surface area contributed by atoms with Crippen molar-refractivity contribution in [2.75, 3.05) is 26.1 Å². The van der Waals surface area contributed by atoms with Gasteiger partial charge in [-0.2, -0.15) is 0 Å². The largest absolute Gasteiger partial charge is 0.507 e. The van der Waals surface area contributed by atoms with Gasteiger partial charge in [-0.25, -0.2) is 4.79 Å². The van der Waals surface area contributed by atoms with Gasteiger partial charge in [-0.05, 0) is 18.2 Å². The Labute approximate surface area is 128 Å². The van der Waals surface area contributed by atoms with E-state index in [1.165, 1.54) is 25.3 Å². The normalized spacial score (nSPS) is 10.1. The van der Waals surface area contributed by atoms with Gasteiger partial charge in [-0.15, -0.1) is 0 Å². The molecule has 0 atom stereocenters. The van der Waals surface area contributed by atoms with E-state index in [4.69, 9.17) is 0 Å². The number of ketones is 1. The topological polar surface area (TPSA) is 66.8 Å². The summed E-state index contributed by atoms with van der Waals surface area (Å²) in [5.74, 6) is -1.15. The van der Waals surface area contributed by atoms with Gasteiger partial charge in [-0.1, -0.05) is 18.2 Å². The van der Waals surface area contributed by atoms with E-state index in [9.17, 15) is 14.7 Å². The zero-order valence-corrected chi connectivity index (χ0v) is 12.7. The highest BCUT2D eigenvalue weighted by atomic mass is 16.5. The van der Waals surface area contributed by atoms with Crippen molar-refractivity contribution in [1.82, 2.24) is 0 Å². The van der Waals surface area contributed by atoms with Crippen LogP contribution >= 0.6 is 0 Å². The van der Waals surface area contributed by atoms with Crippen molar-refractivity contribution in [1.29, 1.82) is 0 Å². The Morgan fingerprint density at radius 1 is 1.00 bits per heavy atom. The smallest absolute Gasteiger partial charge is 0.338 e. The van der Waals surface area contributed by atoms with Gasteiger partial charge in [0.15, 0.2) is 5.78 Å². The molecule has 0 amide bonds. The first-order valence-electron chi connectivity index (χ1n) is 6.68. The van der Waals surface area contributed by atoms with Crippen molar-refractivity contribution in [2.45, 2.75) is 0 Å². The van der Waals surface area contributed by atoms with Crippen LogP contribution in [0.25, 0.3) is 0 Å². The summed E-state index contributed by atoms with van der Waals surface area (Å²) in [6, 6.07) is 11.1. The molecule has 0 fully saturated rings. The summed E-state index contributed by atoms with van der Waals surface area (Å²) in [6.07, 6.45) is 0. The van der Waals surface area contributed by atoms with Gasteiger partial charge in [0.1, 0.15) is 5.75 Å². The monoisotopic (exact) mass is 299 g/mol. The van der Waals surface area contributed by atoms with Crippen LogP contribution in [0.3, 0.4) is 0 Å². The van der Waals surface area contributed by atoms with Crippen LogP contribution in [0.15, 0.2) is 42.5 Å². The number of phenols is 1. The highest BCUT2D eigenvalue weighted by molar-refractivity contribution is 6.15. The zero-order valence-electron chi connectivity index (χ0n) is 12.7. The van der Waals surface area contributed by atoms with E-state index in [-0.39, 0.29) is 22.4 Å². The SMILES string of the molecule is COC(=O)c1ccccc1C(=O)c1ccc(N(C)C)cc1O. The molecule has 114 valence electrons. The number of benzene rings is 2. The summed E-state index contributed by atoms with van der Waals surface area (Å²) in [5.41, 5.74) is 1.28. The molecular weight excluding hydrogens is 282 g/mol. The second-order valence-electron chi connectivity index (χ2n) is 4.96. The number of esters is 1. The lowest BCUT2D eigenvalue weighted by molar-refractivity contribution is 0.0597. The Morgan fingerprint density at radius 2 is 1.64 bits per heavy atom. The van der Waals surface area contributed by atoms with Crippen molar-refractivity contribution in [3.63, 3.8) is 0 Å². The maximum Gasteiger partial charge on any atom is 0.338 e. The molecule has 2 aromatic carbocycles. The number of hydrogen-bond acceptors (Lipinski definition) is 5. The highest BCUT2D eigenvalue weighted by Gasteiger charge is 2.20. The number of aromatic hydroxyl groups is 1. The molecule has 0 aliphatic heterocycles. The number of rotatable bonds is 4. The molecule has 0 aliphatic rings. The standard InChI is InChI=1S/C17H17NO4/c1-18(2)11-8-9-14(15(19)10-11)16(20)12-6-4-5-7-13(12)17(21)22-3/h4-10,19H,1-3H3. The molecule has 0 saturated heterocycles. The van der Waals surface area contributed by atoms with Crippen molar-refractivity contribution in [3.8, 4) is 5.75 Å². The van der Waals surface area contributed by atoms with Crippen molar-refractivity contribution in [3.05, 3.63) is 59.2 Å². The number of hydrogen-bond donors (Lipinski definition) is 1. The van der Waals surface area contributed by atoms with E-state index in [1.807, 2.05) is 19.0 Å². The molecule has 22 heavy (non-hydrogen) atoms. The van der Waals surface area contributed by atoms with E-state index in [0.29, 0.717) is 0 Å². The first kappa shape index (κ1) is 15.6. The number of ether oxygens (including phenoxy) is 1. The number of phenolic OH excluding ortho intramolecular Hbond substituents is 1. The fourth-order valence-corrected chi connectivity index (χ4v) is 2.10. The van der Waals surface area contributed by atoms with Gasteiger partial charge in [0.2, 0.25) is 0 Å². The predicted molar refractivity (Wildman–Crippen MR) is 83.6 cm³/mol. The molecule has 0 unspecified atom stereocenters. The van der Waals surface area contributed by atoms with Crippen molar-refractivity contribution < 1.29 is 19.4 Å². The molecule has 5 nitrogen and oxygen atoms in total. The second-order valence-corrected chi connectivity index (χ2v) is 4.96. The summed E-state index contributed by atoms with van der Waals surface area (Å²) in [5, 5.41) is 10.1. The lowest BCUT2D eigenvalue weighted by atomic mass is 9.97. The summed E-state index contributed by atoms with van der Waals surface area (Å²) in [6.45, 7) is 0. The van der Waals surface area contributed by atoms with Crippen LogP contribution in [0.2, 0.25) is 0 Å². The third-order valence-corrected chi connectivity index (χ3v) is 3.32. The van der Waals surface area contributed by atoms with Gasteiger partial charge in [0, 0.05) is 31.4 Å².